The summed E-state index contributed by atoms with van der Waals surface area (Å²) in [5, 5.41) is 0. The van der Waals surface area contributed by atoms with Crippen LogP contribution in [0.5, 0.6) is 5.75 Å². The van der Waals surface area contributed by atoms with Crippen molar-refractivity contribution in [2.45, 2.75) is 36.6 Å². The van der Waals surface area contributed by atoms with E-state index in [1.54, 1.807) is 0 Å². The van der Waals surface area contributed by atoms with E-state index in [2.05, 4.69) is 9.46 Å². The number of para-hydroxylation sites is 1. The van der Waals surface area contributed by atoms with Gasteiger partial charge in [-0.2, -0.15) is 0 Å². The molecule has 0 bridgehead atoms. The number of hydrogen-bond donors (Lipinski definition) is 1. The third-order valence-electron chi connectivity index (χ3n) is 3.14. The van der Waals surface area contributed by atoms with E-state index >= 15 is 0 Å². The van der Waals surface area contributed by atoms with Crippen LogP contribution in [0.4, 0.5) is 13.2 Å². The van der Waals surface area contributed by atoms with Crippen molar-refractivity contribution in [2.75, 3.05) is 13.2 Å². The van der Waals surface area contributed by atoms with Crippen molar-refractivity contribution < 1.29 is 31.1 Å². The topological polar surface area (TPSA) is 64.6 Å². The highest BCUT2D eigenvalue weighted by Crippen LogP contribution is 2.29. The fraction of sp³-hybridized carbons (Fsp3) is 0.538. The van der Waals surface area contributed by atoms with Gasteiger partial charge in [-0.05, 0) is 31.4 Å². The second-order valence-corrected chi connectivity index (χ2v) is 6.54. The molecule has 1 aromatic rings. The molecule has 1 fully saturated rings. The number of nitrogens with one attached hydrogen (secondary N) is 1. The van der Waals surface area contributed by atoms with Crippen LogP contribution in [0.15, 0.2) is 29.2 Å². The minimum absolute atomic E-state index is 0.369. The van der Waals surface area contributed by atoms with Gasteiger partial charge in [-0.1, -0.05) is 12.1 Å². The number of halogens is 3. The lowest BCUT2D eigenvalue weighted by Gasteiger charge is -2.18. The van der Waals surface area contributed by atoms with Crippen molar-refractivity contribution in [2.24, 2.45) is 0 Å². The predicted octanol–water partition coefficient (Wildman–Crippen LogP) is 2.43. The fourth-order valence-corrected chi connectivity index (χ4v) is 3.62. The quantitative estimate of drug-likeness (QED) is 0.915. The molecule has 0 saturated carbocycles. The first-order valence-corrected chi connectivity index (χ1v) is 8.21. The van der Waals surface area contributed by atoms with Crippen LogP contribution in [0, 0.1) is 0 Å². The van der Waals surface area contributed by atoms with Gasteiger partial charge in [0.05, 0.1) is 0 Å². The van der Waals surface area contributed by atoms with Gasteiger partial charge in [-0.25, -0.2) is 13.1 Å². The molecule has 1 N–H and O–H groups in total. The van der Waals surface area contributed by atoms with Crippen molar-refractivity contribution >= 4 is 10.0 Å². The molecule has 2 rings (SSSR count). The zero-order chi connectivity index (χ0) is 16.2. The first-order valence-electron chi connectivity index (χ1n) is 6.73. The van der Waals surface area contributed by atoms with Crippen LogP contribution in [-0.2, 0) is 14.8 Å². The summed E-state index contributed by atoms with van der Waals surface area (Å²) in [7, 11) is -4.11. The number of alkyl halides is 3. The maximum absolute atomic E-state index is 12.4. The molecule has 0 aliphatic carbocycles. The van der Waals surface area contributed by atoms with Gasteiger partial charge in [0, 0.05) is 19.3 Å². The van der Waals surface area contributed by atoms with Gasteiger partial charge in [-0.3, -0.25) is 0 Å². The van der Waals surface area contributed by atoms with Crippen LogP contribution in [0.25, 0.3) is 0 Å². The SMILES string of the molecule is O=S(=O)(NC1CCCOCC1)c1ccccc1OC(F)(F)F. The monoisotopic (exact) mass is 339 g/mol. The summed E-state index contributed by atoms with van der Waals surface area (Å²) in [6, 6.07) is 4.30. The van der Waals surface area contributed by atoms with Gasteiger partial charge in [-0.15, -0.1) is 13.2 Å². The van der Waals surface area contributed by atoms with Gasteiger partial charge in [0.1, 0.15) is 10.6 Å². The van der Waals surface area contributed by atoms with E-state index in [0.29, 0.717) is 32.5 Å². The molecule has 124 valence electrons. The number of ether oxygens (including phenoxy) is 2. The summed E-state index contributed by atoms with van der Waals surface area (Å²) in [6.45, 7) is 0.958. The second-order valence-electron chi connectivity index (χ2n) is 4.86. The van der Waals surface area contributed by atoms with Crippen LogP contribution in [0.3, 0.4) is 0 Å². The van der Waals surface area contributed by atoms with Crippen molar-refractivity contribution in [3.05, 3.63) is 24.3 Å². The lowest BCUT2D eigenvalue weighted by molar-refractivity contribution is -0.275. The van der Waals surface area contributed by atoms with Crippen molar-refractivity contribution in [1.82, 2.24) is 4.72 Å². The van der Waals surface area contributed by atoms with Crippen molar-refractivity contribution in [3.63, 3.8) is 0 Å². The second kappa shape index (κ2) is 6.84. The van der Waals surface area contributed by atoms with Crippen LogP contribution in [0.2, 0.25) is 0 Å². The molecule has 1 saturated heterocycles. The summed E-state index contributed by atoms with van der Waals surface area (Å²) in [6.07, 6.45) is -3.22. The molecule has 1 aliphatic rings. The van der Waals surface area contributed by atoms with E-state index in [-0.39, 0.29) is 6.04 Å². The number of hydrogen-bond acceptors (Lipinski definition) is 4. The predicted molar refractivity (Wildman–Crippen MR) is 71.9 cm³/mol. The van der Waals surface area contributed by atoms with Crippen molar-refractivity contribution in [3.8, 4) is 5.75 Å². The molecular weight excluding hydrogens is 323 g/mol. The van der Waals surface area contributed by atoms with Gasteiger partial charge < -0.3 is 9.47 Å². The van der Waals surface area contributed by atoms with Gasteiger partial charge in [0.2, 0.25) is 10.0 Å². The van der Waals surface area contributed by atoms with E-state index in [9.17, 15) is 21.6 Å². The van der Waals surface area contributed by atoms with E-state index in [1.165, 1.54) is 12.1 Å². The number of benzene rings is 1. The van der Waals surface area contributed by atoms with Crippen LogP contribution < -0.4 is 9.46 Å². The maximum atomic E-state index is 12.4. The van der Waals surface area contributed by atoms with Gasteiger partial charge in [0.15, 0.2) is 0 Å². The van der Waals surface area contributed by atoms with Gasteiger partial charge in [0.25, 0.3) is 0 Å². The van der Waals surface area contributed by atoms with Gasteiger partial charge >= 0.3 is 6.36 Å². The first-order chi connectivity index (χ1) is 10.3. The highest BCUT2D eigenvalue weighted by molar-refractivity contribution is 7.89. The minimum atomic E-state index is -4.96. The normalized spacial score (nSPS) is 20.4. The lowest BCUT2D eigenvalue weighted by atomic mass is 10.1. The van der Waals surface area contributed by atoms with E-state index < -0.39 is 27.0 Å². The Balaban J connectivity index is 2.21. The van der Waals surface area contributed by atoms with Crippen LogP contribution in [-0.4, -0.2) is 34.0 Å². The smallest absolute Gasteiger partial charge is 0.404 e. The lowest BCUT2D eigenvalue weighted by Crippen LogP contribution is -2.35. The average Bonchev–Trinajstić information content (AvgIpc) is 2.65. The van der Waals surface area contributed by atoms with Crippen molar-refractivity contribution in [1.29, 1.82) is 0 Å². The Morgan fingerprint density at radius 2 is 1.91 bits per heavy atom. The van der Waals surface area contributed by atoms with Crippen LogP contribution in [0.1, 0.15) is 19.3 Å². The standard InChI is InChI=1S/C13H16F3NO4S/c14-13(15,16)21-11-5-1-2-6-12(11)22(18,19)17-10-4-3-8-20-9-7-10/h1-2,5-6,10,17H,3-4,7-9H2. The third-order valence-corrected chi connectivity index (χ3v) is 4.70. The Morgan fingerprint density at radius 1 is 1.18 bits per heavy atom. The molecule has 1 unspecified atom stereocenters. The summed E-state index contributed by atoms with van der Waals surface area (Å²) >= 11 is 0. The largest absolute Gasteiger partial charge is 0.573 e. The van der Waals surface area contributed by atoms with E-state index in [0.717, 1.165) is 12.1 Å². The average molecular weight is 339 g/mol. The van der Waals surface area contributed by atoms with Crippen LogP contribution >= 0.6 is 0 Å². The third kappa shape index (κ3) is 4.85. The molecule has 0 amide bonds. The Hall–Kier alpha value is -1.32. The van der Waals surface area contributed by atoms with E-state index in [1.807, 2.05) is 0 Å². The molecule has 0 aromatic heterocycles. The molecule has 22 heavy (non-hydrogen) atoms. The molecule has 9 heteroatoms. The highest BCUT2D eigenvalue weighted by atomic mass is 32.2. The summed E-state index contributed by atoms with van der Waals surface area (Å²) in [5.74, 6) is -0.743. The zero-order valence-electron chi connectivity index (χ0n) is 11.6. The summed E-state index contributed by atoms with van der Waals surface area (Å²) in [5.41, 5.74) is 0. The molecule has 5 nitrogen and oxygen atoms in total. The Morgan fingerprint density at radius 3 is 2.64 bits per heavy atom. The molecule has 1 aromatic carbocycles. The first kappa shape index (κ1) is 17.0. The Labute approximate surface area is 126 Å². The van der Waals surface area contributed by atoms with E-state index in [4.69, 9.17) is 4.74 Å². The number of rotatable bonds is 4. The number of sulfonamides is 1. The Bertz CT molecular complexity index is 596. The summed E-state index contributed by atoms with van der Waals surface area (Å²) in [4.78, 5) is -0.530. The molecule has 1 atom stereocenters. The zero-order valence-corrected chi connectivity index (χ0v) is 12.4. The molecule has 1 heterocycles. The highest BCUT2D eigenvalue weighted by Gasteiger charge is 2.34. The molecule has 0 spiro atoms. The molecular formula is C13H16F3NO4S. The Kier molecular flexibility index (Phi) is 5.30. The minimum Gasteiger partial charge on any atom is -0.404 e. The maximum Gasteiger partial charge on any atom is 0.573 e. The fourth-order valence-electron chi connectivity index (χ4n) is 2.19. The summed E-state index contributed by atoms with van der Waals surface area (Å²) < 4.78 is 73.2. The molecule has 0 radical (unpaired) electrons. The molecule has 1 aliphatic heterocycles.